The van der Waals surface area contributed by atoms with Crippen molar-refractivity contribution in [2.24, 2.45) is 0 Å². The van der Waals surface area contributed by atoms with Gasteiger partial charge < -0.3 is 24.8 Å². The Balaban J connectivity index is 1.42. The van der Waals surface area contributed by atoms with E-state index >= 15 is 0 Å². The molecule has 41 heavy (non-hydrogen) atoms. The number of carbonyl (C=O) groups excluding carboxylic acids is 2. The first-order valence-corrected chi connectivity index (χ1v) is 16.9. The minimum absolute atomic E-state index is 0.141. The number of esters is 1. The molecule has 6 atom stereocenters. The van der Waals surface area contributed by atoms with Crippen LogP contribution in [0.25, 0.3) is 0 Å². The van der Waals surface area contributed by atoms with Crippen LogP contribution in [0.5, 0.6) is 0 Å². The standard InChI is InChI=1S/C34H60O7/c1-3-4-5-6-7-8-9-10-11-15-18-30(37)32-22-23-33(41-32)31(38)19-16-13-12-14-17-28(35)20-21-29(36)25-27-24-26(2)40-34(27)39/h24,26,29-33,36-38H,3-23,25H2,1-2H3/t26-,29+,30+,31+,32+,33+/m0/s1. The molecule has 2 aliphatic rings. The first-order valence-electron chi connectivity index (χ1n) is 16.9. The molecule has 0 radical (unpaired) electrons. The van der Waals surface area contributed by atoms with Crippen LogP contribution in [0.2, 0.25) is 0 Å². The Morgan fingerprint density at radius 1 is 0.780 bits per heavy atom. The smallest absolute Gasteiger partial charge is 0.334 e. The molecule has 0 aromatic carbocycles. The zero-order valence-electron chi connectivity index (χ0n) is 26.1. The number of cyclic esters (lactones) is 1. The van der Waals surface area contributed by atoms with Gasteiger partial charge in [0.1, 0.15) is 11.9 Å². The van der Waals surface area contributed by atoms with Crippen molar-refractivity contribution in [1.82, 2.24) is 0 Å². The number of aliphatic hydroxyl groups excluding tert-OH is 3. The molecule has 0 aliphatic carbocycles. The molecule has 2 rings (SSSR count). The molecular weight excluding hydrogens is 520 g/mol. The van der Waals surface area contributed by atoms with Gasteiger partial charge in [0.2, 0.25) is 0 Å². The molecule has 3 N–H and O–H groups in total. The minimum Gasteiger partial charge on any atom is -0.455 e. The molecule has 7 heteroatoms. The van der Waals surface area contributed by atoms with Gasteiger partial charge in [0, 0.05) is 24.8 Å². The fraction of sp³-hybridized carbons (Fsp3) is 0.882. The molecule has 0 bridgehead atoms. The number of hydrogen-bond acceptors (Lipinski definition) is 7. The number of Topliss-reactive ketones (excluding diaryl/α,β-unsaturated/α-hetero) is 1. The Morgan fingerprint density at radius 3 is 1.80 bits per heavy atom. The Bertz CT molecular complexity index is 751. The van der Waals surface area contributed by atoms with Crippen molar-refractivity contribution < 1.29 is 34.4 Å². The van der Waals surface area contributed by atoms with Gasteiger partial charge in [0.05, 0.1) is 30.5 Å². The van der Waals surface area contributed by atoms with Crippen molar-refractivity contribution >= 4 is 11.8 Å². The number of carbonyl (C=O) groups is 2. The molecule has 1 saturated heterocycles. The van der Waals surface area contributed by atoms with E-state index in [9.17, 15) is 24.9 Å². The van der Waals surface area contributed by atoms with E-state index in [1.807, 2.05) is 0 Å². The highest BCUT2D eigenvalue weighted by atomic mass is 16.5. The Hall–Kier alpha value is -1.28. The quantitative estimate of drug-likeness (QED) is 0.0797. The summed E-state index contributed by atoms with van der Waals surface area (Å²) in [7, 11) is 0. The van der Waals surface area contributed by atoms with E-state index in [4.69, 9.17) is 9.47 Å². The molecule has 7 nitrogen and oxygen atoms in total. The van der Waals surface area contributed by atoms with E-state index in [2.05, 4.69) is 6.92 Å². The molecule has 0 spiro atoms. The maximum atomic E-state index is 12.2. The third-order valence-corrected chi connectivity index (χ3v) is 8.71. The molecule has 2 aliphatic heterocycles. The van der Waals surface area contributed by atoms with Crippen LogP contribution in [0.4, 0.5) is 0 Å². The van der Waals surface area contributed by atoms with Crippen LogP contribution in [0.1, 0.15) is 155 Å². The van der Waals surface area contributed by atoms with Crippen LogP contribution >= 0.6 is 0 Å². The number of ketones is 1. The Morgan fingerprint density at radius 2 is 1.29 bits per heavy atom. The molecule has 0 aromatic heterocycles. The lowest BCUT2D eigenvalue weighted by molar-refractivity contribution is -0.139. The zero-order chi connectivity index (χ0) is 29.9. The number of aliphatic hydroxyl groups is 3. The van der Waals surface area contributed by atoms with Gasteiger partial charge in [0.25, 0.3) is 0 Å². The predicted octanol–water partition coefficient (Wildman–Crippen LogP) is 6.88. The molecule has 0 aromatic rings. The second-order valence-corrected chi connectivity index (χ2v) is 12.6. The summed E-state index contributed by atoms with van der Waals surface area (Å²) in [6, 6.07) is 0. The van der Waals surface area contributed by atoms with Crippen molar-refractivity contribution in [2.45, 2.75) is 192 Å². The maximum Gasteiger partial charge on any atom is 0.334 e. The van der Waals surface area contributed by atoms with Crippen LogP contribution in [0.3, 0.4) is 0 Å². The highest BCUT2D eigenvalue weighted by molar-refractivity contribution is 5.90. The van der Waals surface area contributed by atoms with Gasteiger partial charge in [-0.15, -0.1) is 0 Å². The summed E-state index contributed by atoms with van der Waals surface area (Å²) in [5, 5.41) is 31.3. The fourth-order valence-electron chi connectivity index (χ4n) is 6.09. The largest absolute Gasteiger partial charge is 0.455 e. The SMILES string of the molecule is CCCCCCCCCCCC[C@@H](O)[C@H]1CC[C@H]([C@H](O)CCCCCCC(=O)CC[C@@H](O)CC2=C[C@H](C)OC2=O)O1. The molecule has 0 amide bonds. The fourth-order valence-corrected chi connectivity index (χ4v) is 6.09. The number of unbranched alkanes of at least 4 members (excludes halogenated alkanes) is 12. The highest BCUT2D eigenvalue weighted by Crippen LogP contribution is 2.28. The first kappa shape index (κ1) is 35.9. The molecular formula is C34H60O7. The van der Waals surface area contributed by atoms with Crippen LogP contribution in [0.15, 0.2) is 11.6 Å². The average molecular weight is 581 g/mol. The van der Waals surface area contributed by atoms with Crippen LogP contribution in [0, 0.1) is 0 Å². The van der Waals surface area contributed by atoms with Crippen molar-refractivity contribution in [3.05, 3.63) is 11.6 Å². The monoisotopic (exact) mass is 580 g/mol. The third-order valence-electron chi connectivity index (χ3n) is 8.71. The second kappa shape index (κ2) is 21.4. The van der Waals surface area contributed by atoms with Crippen LogP contribution in [-0.2, 0) is 19.1 Å². The van der Waals surface area contributed by atoms with Crippen LogP contribution < -0.4 is 0 Å². The van der Waals surface area contributed by atoms with Gasteiger partial charge in [-0.1, -0.05) is 90.4 Å². The van der Waals surface area contributed by atoms with Crippen molar-refractivity contribution in [3.8, 4) is 0 Å². The van der Waals surface area contributed by atoms with Gasteiger partial charge in [-0.2, -0.15) is 0 Å². The maximum absolute atomic E-state index is 12.2. The predicted molar refractivity (Wildman–Crippen MR) is 163 cm³/mol. The van der Waals surface area contributed by atoms with Gasteiger partial charge in [0.15, 0.2) is 0 Å². The summed E-state index contributed by atoms with van der Waals surface area (Å²) < 4.78 is 11.1. The summed E-state index contributed by atoms with van der Waals surface area (Å²) in [6.07, 6.45) is 20.5. The highest BCUT2D eigenvalue weighted by Gasteiger charge is 2.34. The number of hydrogen-bond donors (Lipinski definition) is 3. The Labute approximate surface area is 249 Å². The van der Waals surface area contributed by atoms with Gasteiger partial charge in [-0.25, -0.2) is 4.79 Å². The van der Waals surface area contributed by atoms with E-state index in [1.54, 1.807) is 13.0 Å². The summed E-state index contributed by atoms with van der Waals surface area (Å²) in [5.74, 6) is -0.230. The van der Waals surface area contributed by atoms with Gasteiger partial charge in [-0.3, -0.25) is 4.79 Å². The summed E-state index contributed by atoms with van der Waals surface area (Å²) in [4.78, 5) is 23.8. The van der Waals surface area contributed by atoms with E-state index in [0.717, 1.165) is 51.4 Å². The third kappa shape index (κ3) is 15.7. The molecule has 0 unspecified atom stereocenters. The summed E-state index contributed by atoms with van der Waals surface area (Å²) in [6.45, 7) is 4.04. The number of ether oxygens (including phenoxy) is 2. The Kier molecular flexibility index (Phi) is 18.8. The topological polar surface area (TPSA) is 113 Å². The molecule has 238 valence electrons. The van der Waals surface area contributed by atoms with E-state index < -0.39 is 18.3 Å². The van der Waals surface area contributed by atoms with Crippen molar-refractivity contribution in [3.63, 3.8) is 0 Å². The van der Waals surface area contributed by atoms with Gasteiger partial charge >= 0.3 is 5.97 Å². The van der Waals surface area contributed by atoms with Crippen molar-refractivity contribution in [2.75, 3.05) is 0 Å². The summed E-state index contributed by atoms with van der Waals surface area (Å²) >= 11 is 0. The zero-order valence-corrected chi connectivity index (χ0v) is 26.1. The average Bonchev–Trinajstić information content (AvgIpc) is 3.56. The lowest BCUT2D eigenvalue weighted by atomic mass is 9.99. The normalized spacial score (nSPS) is 22.9. The van der Waals surface area contributed by atoms with E-state index in [1.165, 1.54) is 57.8 Å². The van der Waals surface area contributed by atoms with E-state index in [-0.39, 0.29) is 36.5 Å². The van der Waals surface area contributed by atoms with Crippen LogP contribution in [-0.4, -0.2) is 63.7 Å². The lowest BCUT2D eigenvalue weighted by Crippen LogP contribution is -2.31. The van der Waals surface area contributed by atoms with Gasteiger partial charge in [-0.05, 0) is 51.5 Å². The number of rotatable bonds is 25. The second-order valence-electron chi connectivity index (χ2n) is 12.6. The molecule has 0 saturated carbocycles. The molecule has 2 heterocycles. The van der Waals surface area contributed by atoms with Crippen molar-refractivity contribution in [1.29, 1.82) is 0 Å². The van der Waals surface area contributed by atoms with E-state index in [0.29, 0.717) is 31.3 Å². The first-order chi connectivity index (χ1) is 19.8. The molecule has 1 fully saturated rings. The lowest BCUT2D eigenvalue weighted by Gasteiger charge is -2.22. The summed E-state index contributed by atoms with van der Waals surface area (Å²) in [5.41, 5.74) is 0.499. The minimum atomic E-state index is -0.706.